The summed E-state index contributed by atoms with van der Waals surface area (Å²) in [6, 6.07) is 3.93. The molecule has 0 aliphatic heterocycles. The van der Waals surface area contributed by atoms with Gasteiger partial charge in [-0.05, 0) is 47.5 Å². The van der Waals surface area contributed by atoms with Crippen LogP contribution in [-0.2, 0) is 0 Å². The van der Waals surface area contributed by atoms with Crippen LogP contribution in [0.2, 0.25) is 0 Å². The van der Waals surface area contributed by atoms with Gasteiger partial charge in [0.25, 0.3) is 0 Å². The zero-order chi connectivity index (χ0) is 11.0. The lowest BCUT2D eigenvalue weighted by molar-refractivity contribution is 0.104. The van der Waals surface area contributed by atoms with E-state index in [9.17, 15) is 4.79 Å². The van der Waals surface area contributed by atoms with Gasteiger partial charge in [0.05, 0.1) is 8.66 Å². The summed E-state index contributed by atoms with van der Waals surface area (Å²) in [6.07, 6.45) is 0. The first kappa shape index (κ1) is 11.0. The van der Waals surface area contributed by atoms with Crippen LogP contribution in [0.25, 0.3) is 0 Å². The molecule has 0 saturated carbocycles. The highest BCUT2D eigenvalue weighted by Crippen LogP contribution is 2.27. The maximum Gasteiger partial charge on any atom is 0.204 e. The molecule has 0 atom stereocenters. The molecular weight excluding hydrogens is 292 g/mol. The Bertz CT molecular complexity index is 510. The Labute approximate surface area is 105 Å². The number of thiophene rings is 2. The molecule has 78 valence electrons. The van der Waals surface area contributed by atoms with Crippen molar-refractivity contribution in [2.45, 2.75) is 13.8 Å². The van der Waals surface area contributed by atoms with Crippen LogP contribution in [0.4, 0.5) is 0 Å². The lowest BCUT2D eigenvalue weighted by atomic mass is 10.1. The van der Waals surface area contributed by atoms with Gasteiger partial charge in [-0.3, -0.25) is 4.79 Å². The molecule has 2 aromatic rings. The lowest BCUT2D eigenvalue weighted by Gasteiger charge is -1.94. The van der Waals surface area contributed by atoms with Crippen LogP contribution >= 0.6 is 38.6 Å². The predicted molar refractivity (Wildman–Crippen MR) is 69.2 cm³/mol. The van der Waals surface area contributed by atoms with Crippen LogP contribution < -0.4 is 0 Å². The molecule has 0 aliphatic carbocycles. The Morgan fingerprint density at radius 3 is 2.53 bits per heavy atom. The van der Waals surface area contributed by atoms with Gasteiger partial charge >= 0.3 is 0 Å². The summed E-state index contributed by atoms with van der Waals surface area (Å²) >= 11 is 6.47. The molecule has 2 aromatic heterocycles. The Balaban J connectivity index is 2.40. The number of aryl methyl sites for hydroxylation is 2. The molecule has 0 unspecified atom stereocenters. The van der Waals surface area contributed by atoms with Crippen LogP contribution in [0.1, 0.15) is 25.7 Å². The highest BCUT2D eigenvalue weighted by atomic mass is 79.9. The molecular formula is C11H9BrOS2. The number of hydrogen-bond donors (Lipinski definition) is 0. The summed E-state index contributed by atoms with van der Waals surface area (Å²) in [7, 11) is 0. The monoisotopic (exact) mass is 300 g/mol. The summed E-state index contributed by atoms with van der Waals surface area (Å²) in [6.45, 7) is 4.01. The molecule has 2 rings (SSSR count). The molecule has 0 bridgehead atoms. The van der Waals surface area contributed by atoms with Gasteiger partial charge in [-0.2, -0.15) is 0 Å². The average Bonchev–Trinajstić information content (AvgIpc) is 2.71. The van der Waals surface area contributed by atoms with E-state index in [0.717, 1.165) is 19.8 Å². The summed E-state index contributed by atoms with van der Waals surface area (Å²) in [5.41, 5.74) is 1.85. The van der Waals surface area contributed by atoms with Crippen molar-refractivity contribution in [2.24, 2.45) is 0 Å². The van der Waals surface area contributed by atoms with Gasteiger partial charge < -0.3 is 0 Å². The number of carbonyl (C=O) groups excluding carboxylic acids is 1. The molecule has 4 heteroatoms. The Morgan fingerprint density at radius 1 is 1.33 bits per heavy atom. The first-order valence-corrected chi connectivity index (χ1v) is 6.92. The van der Waals surface area contributed by atoms with Crippen molar-refractivity contribution in [1.82, 2.24) is 0 Å². The Kier molecular flexibility index (Phi) is 3.09. The molecule has 0 radical (unpaired) electrons. The van der Waals surface area contributed by atoms with E-state index in [-0.39, 0.29) is 5.78 Å². The van der Waals surface area contributed by atoms with Gasteiger partial charge in [-0.25, -0.2) is 0 Å². The van der Waals surface area contributed by atoms with Crippen LogP contribution in [0.15, 0.2) is 21.3 Å². The highest BCUT2D eigenvalue weighted by molar-refractivity contribution is 9.11. The lowest BCUT2D eigenvalue weighted by Crippen LogP contribution is -1.97. The minimum Gasteiger partial charge on any atom is -0.288 e. The van der Waals surface area contributed by atoms with Gasteiger partial charge in [0.15, 0.2) is 0 Å². The average molecular weight is 301 g/mol. The number of carbonyl (C=O) groups is 1. The number of ketones is 1. The summed E-state index contributed by atoms with van der Waals surface area (Å²) < 4.78 is 0.997. The Morgan fingerprint density at radius 2 is 2.07 bits per heavy atom. The fourth-order valence-corrected chi connectivity index (χ4v) is 3.55. The number of halogens is 1. The summed E-state index contributed by atoms with van der Waals surface area (Å²) in [5.74, 6) is 0.132. The van der Waals surface area contributed by atoms with Gasteiger partial charge in [0, 0.05) is 15.8 Å². The van der Waals surface area contributed by atoms with Crippen molar-refractivity contribution in [3.8, 4) is 0 Å². The quantitative estimate of drug-likeness (QED) is 0.750. The van der Waals surface area contributed by atoms with E-state index in [1.165, 1.54) is 4.88 Å². The van der Waals surface area contributed by atoms with Crippen molar-refractivity contribution in [3.63, 3.8) is 0 Å². The van der Waals surface area contributed by atoms with Gasteiger partial charge in [-0.15, -0.1) is 22.7 Å². The van der Waals surface area contributed by atoms with Gasteiger partial charge in [0.1, 0.15) is 0 Å². The maximum absolute atomic E-state index is 12.1. The normalized spacial score (nSPS) is 10.6. The summed E-state index contributed by atoms with van der Waals surface area (Å²) in [5, 5.41) is 1.89. The predicted octanol–water partition coefficient (Wildman–Crippen LogP) is 4.42. The molecule has 0 fully saturated rings. The second-order valence-corrected chi connectivity index (χ2v) is 6.88. The molecule has 2 heterocycles. The standard InChI is InChI=1S/C11H9BrOS2/c1-6-3-7(2)15-11(6)10(13)8-4-9(12)14-5-8/h3-5H,1-2H3. The second kappa shape index (κ2) is 4.20. The van der Waals surface area contributed by atoms with Crippen LogP contribution in [0, 0.1) is 13.8 Å². The maximum atomic E-state index is 12.1. The molecule has 0 aliphatic rings. The molecule has 0 amide bonds. The first-order chi connectivity index (χ1) is 7.08. The zero-order valence-corrected chi connectivity index (χ0v) is 11.6. The first-order valence-electron chi connectivity index (χ1n) is 4.43. The van der Waals surface area contributed by atoms with Crippen molar-refractivity contribution >= 4 is 44.4 Å². The minimum absolute atomic E-state index is 0.132. The van der Waals surface area contributed by atoms with E-state index in [2.05, 4.69) is 22.0 Å². The van der Waals surface area contributed by atoms with Crippen LogP contribution in [0.5, 0.6) is 0 Å². The second-order valence-electron chi connectivity index (χ2n) is 3.34. The molecule has 1 nitrogen and oxygen atoms in total. The van der Waals surface area contributed by atoms with E-state index >= 15 is 0 Å². The third-order valence-corrected chi connectivity index (χ3v) is 4.73. The number of rotatable bonds is 2. The topological polar surface area (TPSA) is 17.1 Å². The summed E-state index contributed by atoms with van der Waals surface area (Å²) in [4.78, 5) is 14.1. The van der Waals surface area contributed by atoms with E-state index < -0.39 is 0 Å². The molecule has 0 saturated heterocycles. The van der Waals surface area contributed by atoms with Crippen molar-refractivity contribution < 1.29 is 4.79 Å². The minimum atomic E-state index is 0.132. The molecule has 15 heavy (non-hydrogen) atoms. The van der Waals surface area contributed by atoms with Crippen molar-refractivity contribution in [3.05, 3.63) is 42.2 Å². The van der Waals surface area contributed by atoms with E-state index in [1.54, 1.807) is 22.7 Å². The fraction of sp³-hybridized carbons (Fsp3) is 0.182. The van der Waals surface area contributed by atoms with E-state index in [0.29, 0.717) is 0 Å². The Hall–Kier alpha value is -0.450. The third kappa shape index (κ3) is 2.22. The van der Waals surface area contributed by atoms with Gasteiger partial charge in [0.2, 0.25) is 5.78 Å². The van der Waals surface area contributed by atoms with E-state index in [4.69, 9.17) is 0 Å². The van der Waals surface area contributed by atoms with E-state index in [1.807, 2.05) is 25.3 Å². The highest BCUT2D eigenvalue weighted by Gasteiger charge is 2.15. The molecule has 0 spiro atoms. The zero-order valence-electron chi connectivity index (χ0n) is 8.33. The van der Waals surface area contributed by atoms with Crippen LogP contribution in [0.3, 0.4) is 0 Å². The third-order valence-electron chi connectivity index (χ3n) is 2.08. The van der Waals surface area contributed by atoms with Gasteiger partial charge in [-0.1, -0.05) is 0 Å². The van der Waals surface area contributed by atoms with Crippen molar-refractivity contribution in [2.75, 3.05) is 0 Å². The number of hydrogen-bond acceptors (Lipinski definition) is 3. The molecule has 0 N–H and O–H groups in total. The van der Waals surface area contributed by atoms with Crippen molar-refractivity contribution in [1.29, 1.82) is 0 Å². The smallest absolute Gasteiger partial charge is 0.204 e. The SMILES string of the molecule is Cc1cc(C)c(C(=O)c2csc(Br)c2)s1. The molecule has 0 aromatic carbocycles. The van der Waals surface area contributed by atoms with Crippen LogP contribution in [-0.4, -0.2) is 5.78 Å². The fourth-order valence-electron chi connectivity index (χ4n) is 1.43. The largest absolute Gasteiger partial charge is 0.288 e.